The Morgan fingerprint density at radius 3 is 2.64 bits per heavy atom. The summed E-state index contributed by atoms with van der Waals surface area (Å²) >= 11 is 3.25. The van der Waals surface area contributed by atoms with Gasteiger partial charge in [0.25, 0.3) is 0 Å². The molecule has 0 aliphatic carbocycles. The van der Waals surface area contributed by atoms with Gasteiger partial charge in [0.05, 0.1) is 6.10 Å². The van der Waals surface area contributed by atoms with E-state index in [4.69, 9.17) is 0 Å². The third-order valence-electron chi connectivity index (χ3n) is 1.54. The highest BCUT2D eigenvalue weighted by molar-refractivity contribution is 9.10. The molecule has 1 aromatic heterocycles. The van der Waals surface area contributed by atoms with Crippen molar-refractivity contribution in [2.75, 3.05) is 0 Å². The summed E-state index contributed by atoms with van der Waals surface area (Å²) < 4.78 is 0.805. The van der Waals surface area contributed by atoms with Gasteiger partial charge in [-0.1, -0.05) is 6.07 Å². The molecule has 1 aromatic rings. The molecule has 60 valence electrons. The summed E-state index contributed by atoms with van der Waals surface area (Å²) in [5.41, 5.74) is 1.75. The summed E-state index contributed by atoms with van der Waals surface area (Å²) in [6.45, 7) is 3.62. The van der Waals surface area contributed by atoms with E-state index >= 15 is 0 Å². The average molecular weight is 216 g/mol. The number of rotatable bonds is 1. The van der Waals surface area contributed by atoms with Crippen LogP contribution < -0.4 is 0 Å². The molecule has 0 spiro atoms. The SMILES string of the molecule is Cc1nc(Br)ccc1[C@@H](C)O. The Kier molecular flexibility index (Phi) is 2.62. The Hall–Kier alpha value is -0.410. The van der Waals surface area contributed by atoms with Crippen LogP contribution in [0.4, 0.5) is 0 Å². The van der Waals surface area contributed by atoms with Gasteiger partial charge in [0.15, 0.2) is 0 Å². The largest absolute Gasteiger partial charge is 0.389 e. The molecule has 1 rings (SSSR count). The van der Waals surface area contributed by atoms with E-state index in [2.05, 4.69) is 20.9 Å². The van der Waals surface area contributed by atoms with Crippen molar-refractivity contribution in [3.63, 3.8) is 0 Å². The maximum Gasteiger partial charge on any atom is 0.106 e. The molecular weight excluding hydrogens is 206 g/mol. The molecule has 0 aliphatic rings. The van der Waals surface area contributed by atoms with Crippen LogP contribution in [-0.2, 0) is 0 Å². The first-order chi connectivity index (χ1) is 5.11. The first-order valence-electron chi connectivity index (χ1n) is 3.42. The number of pyridine rings is 1. The minimum atomic E-state index is -0.435. The highest BCUT2D eigenvalue weighted by Crippen LogP contribution is 2.17. The van der Waals surface area contributed by atoms with Gasteiger partial charge < -0.3 is 5.11 Å². The molecule has 1 atom stereocenters. The second kappa shape index (κ2) is 3.32. The maximum absolute atomic E-state index is 9.24. The molecule has 1 N–H and O–H groups in total. The molecule has 0 radical (unpaired) electrons. The van der Waals surface area contributed by atoms with E-state index in [0.717, 1.165) is 15.9 Å². The number of aryl methyl sites for hydroxylation is 1. The molecule has 0 saturated heterocycles. The lowest BCUT2D eigenvalue weighted by atomic mass is 10.1. The van der Waals surface area contributed by atoms with Crippen molar-refractivity contribution in [2.24, 2.45) is 0 Å². The molecule has 0 saturated carbocycles. The number of aliphatic hydroxyl groups is 1. The highest BCUT2D eigenvalue weighted by Gasteiger charge is 2.04. The number of halogens is 1. The van der Waals surface area contributed by atoms with Crippen molar-refractivity contribution in [3.05, 3.63) is 28.0 Å². The molecule has 0 unspecified atom stereocenters. The fraction of sp³-hybridized carbons (Fsp3) is 0.375. The lowest BCUT2D eigenvalue weighted by molar-refractivity contribution is 0.198. The minimum Gasteiger partial charge on any atom is -0.389 e. The first kappa shape index (κ1) is 8.68. The number of hydrogen-bond acceptors (Lipinski definition) is 2. The minimum absolute atomic E-state index is 0.435. The van der Waals surface area contributed by atoms with Crippen LogP contribution in [0.5, 0.6) is 0 Å². The molecule has 1 heterocycles. The van der Waals surface area contributed by atoms with E-state index in [-0.39, 0.29) is 0 Å². The topological polar surface area (TPSA) is 33.1 Å². The van der Waals surface area contributed by atoms with Crippen molar-refractivity contribution in [3.8, 4) is 0 Å². The number of hydrogen-bond donors (Lipinski definition) is 1. The van der Waals surface area contributed by atoms with E-state index in [0.29, 0.717) is 0 Å². The van der Waals surface area contributed by atoms with Crippen molar-refractivity contribution in [1.82, 2.24) is 4.98 Å². The van der Waals surface area contributed by atoms with Crippen LogP contribution in [0, 0.1) is 6.92 Å². The second-order valence-corrected chi connectivity index (χ2v) is 3.30. The molecule has 0 amide bonds. The van der Waals surface area contributed by atoms with Crippen LogP contribution in [0.3, 0.4) is 0 Å². The van der Waals surface area contributed by atoms with Crippen molar-refractivity contribution >= 4 is 15.9 Å². The van der Waals surface area contributed by atoms with Crippen LogP contribution >= 0.6 is 15.9 Å². The fourth-order valence-electron chi connectivity index (χ4n) is 0.983. The molecule has 0 aliphatic heterocycles. The Bertz CT molecular complexity index is 260. The van der Waals surface area contributed by atoms with Gasteiger partial charge in [-0.2, -0.15) is 0 Å². The van der Waals surface area contributed by atoms with E-state index in [1.54, 1.807) is 6.92 Å². The molecule has 0 fully saturated rings. The maximum atomic E-state index is 9.24. The predicted octanol–water partition coefficient (Wildman–Crippen LogP) is 2.21. The van der Waals surface area contributed by atoms with Crippen LogP contribution in [-0.4, -0.2) is 10.1 Å². The molecule has 2 nitrogen and oxygen atoms in total. The van der Waals surface area contributed by atoms with Crippen molar-refractivity contribution in [2.45, 2.75) is 20.0 Å². The summed E-state index contributed by atoms with van der Waals surface area (Å²) in [7, 11) is 0. The Morgan fingerprint density at radius 2 is 2.18 bits per heavy atom. The quantitative estimate of drug-likeness (QED) is 0.730. The number of aliphatic hydroxyl groups excluding tert-OH is 1. The predicted molar refractivity (Wildman–Crippen MR) is 47.3 cm³/mol. The lowest BCUT2D eigenvalue weighted by Crippen LogP contribution is -1.96. The zero-order valence-corrected chi connectivity index (χ0v) is 8.09. The molecular formula is C8H10BrNO. The van der Waals surface area contributed by atoms with Crippen LogP contribution in [0.25, 0.3) is 0 Å². The van der Waals surface area contributed by atoms with Gasteiger partial charge in [0, 0.05) is 11.3 Å². The molecule has 0 aromatic carbocycles. The summed E-state index contributed by atoms with van der Waals surface area (Å²) in [6, 6.07) is 3.70. The first-order valence-corrected chi connectivity index (χ1v) is 4.21. The summed E-state index contributed by atoms with van der Waals surface area (Å²) in [4.78, 5) is 4.15. The monoisotopic (exact) mass is 215 g/mol. The second-order valence-electron chi connectivity index (χ2n) is 2.48. The zero-order chi connectivity index (χ0) is 8.43. The van der Waals surface area contributed by atoms with E-state index in [9.17, 15) is 5.11 Å². The fourth-order valence-corrected chi connectivity index (χ4v) is 1.38. The summed E-state index contributed by atoms with van der Waals surface area (Å²) in [5, 5.41) is 9.24. The molecule has 11 heavy (non-hydrogen) atoms. The van der Waals surface area contributed by atoms with Crippen LogP contribution in [0.2, 0.25) is 0 Å². The van der Waals surface area contributed by atoms with Gasteiger partial charge >= 0.3 is 0 Å². The van der Waals surface area contributed by atoms with Gasteiger partial charge in [0.2, 0.25) is 0 Å². The third-order valence-corrected chi connectivity index (χ3v) is 1.98. The zero-order valence-electron chi connectivity index (χ0n) is 6.50. The Morgan fingerprint density at radius 1 is 1.55 bits per heavy atom. The molecule has 3 heteroatoms. The van der Waals surface area contributed by atoms with Gasteiger partial charge in [-0.15, -0.1) is 0 Å². The van der Waals surface area contributed by atoms with E-state index < -0.39 is 6.10 Å². The van der Waals surface area contributed by atoms with Crippen molar-refractivity contribution < 1.29 is 5.11 Å². The van der Waals surface area contributed by atoms with E-state index in [1.807, 2.05) is 19.1 Å². The third kappa shape index (κ3) is 2.01. The van der Waals surface area contributed by atoms with Gasteiger partial charge in [-0.3, -0.25) is 0 Å². The number of nitrogens with zero attached hydrogens (tertiary/aromatic N) is 1. The van der Waals surface area contributed by atoms with Crippen LogP contribution in [0.15, 0.2) is 16.7 Å². The summed E-state index contributed by atoms with van der Waals surface area (Å²) in [5.74, 6) is 0. The Balaban J connectivity index is 3.09. The summed E-state index contributed by atoms with van der Waals surface area (Å²) in [6.07, 6.45) is -0.435. The standard InChI is InChI=1S/C8H10BrNO/c1-5-7(6(2)11)3-4-8(9)10-5/h3-4,6,11H,1-2H3/t6-/m1/s1. The van der Waals surface area contributed by atoms with E-state index in [1.165, 1.54) is 0 Å². The van der Waals surface area contributed by atoms with Crippen molar-refractivity contribution in [1.29, 1.82) is 0 Å². The van der Waals surface area contributed by atoms with Gasteiger partial charge in [0.1, 0.15) is 4.60 Å². The van der Waals surface area contributed by atoms with Gasteiger partial charge in [-0.25, -0.2) is 4.98 Å². The lowest BCUT2D eigenvalue weighted by Gasteiger charge is -2.06. The molecule has 0 bridgehead atoms. The normalized spacial score (nSPS) is 13.1. The van der Waals surface area contributed by atoms with Gasteiger partial charge in [-0.05, 0) is 35.8 Å². The Labute approximate surface area is 74.4 Å². The smallest absolute Gasteiger partial charge is 0.106 e. The highest BCUT2D eigenvalue weighted by atomic mass is 79.9. The number of aromatic nitrogens is 1. The van der Waals surface area contributed by atoms with Crippen LogP contribution in [0.1, 0.15) is 24.3 Å². The average Bonchev–Trinajstić information content (AvgIpc) is 1.85.